The topological polar surface area (TPSA) is 71.4 Å². The summed E-state index contributed by atoms with van der Waals surface area (Å²) in [6.07, 6.45) is 5.40. The Morgan fingerprint density at radius 1 is 1.63 bits per heavy atom. The first-order chi connectivity index (χ1) is 9.29. The van der Waals surface area contributed by atoms with Crippen molar-refractivity contribution >= 4 is 11.7 Å². The van der Waals surface area contributed by atoms with E-state index in [1.165, 1.54) is 13.4 Å². The van der Waals surface area contributed by atoms with Gasteiger partial charge in [-0.2, -0.15) is 5.10 Å². The summed E-state index contributed by atoms with van der Waals surface area (Å²) in [5.74, 6) is 0.258. The van der Waals surface area contributed by atoms with E-state index in [2.05, 4.69) is 15.1 Å². The van der Waals surface area contributed by atoms with Crippen molar-refractivity contribution in [2.45, 2.75) is 19.4 Å². The zero-order valence-corrected chi connectivity index (χ0v) is 10.7. The summed E-state index contributed by atoms with van der Waals surface area (Å²) < 4.78 is 10.2. The summed E-state index contributed by atoms with van der Waals surface area (Å²) in [7, 11) is 1.37. The van der Waals surface area contributed by atoms with Crippen LogP contribution in [0.5, 0.6) is 0 Å². The molecule has 0 radical (unpaired) electrons. The van der Waals surface area contributed by atoms with Gasteiger partial charge in [0.05, 0.1) is 37.5 Å². The van der Waals surface area contributed by atoms with Crippen molar-refractivity contribution in [1.82, 2.24) is 10.2 Å². The van der Waals surface area contributed by atoms with Gasteiger partial charge < -0.3 is 14.1 Å². The van der Waals surface area contributed by atoms with Crippen LogP contribution >= 0.6 is 0 Å². The van der Waals surface area contributed by atoms with Gasteiger partial charge in [0, 0.05) is 6.54 Å². The molecule has 0 spiro atoms. The molecule has 0 saturated heterocycles. The van der Waals surface area contributed by atoms with Crippen molar-refractivity contribution in [1.29, 1.82) is 0 Å². The Hall–Kier alpha value is -2.24. The van der Waals surface area contributed by atoms with Crippen LogP contribution in [0.4, 0.5) is 5.69 Å². The van der Waals surface area contributed by atoms with Crippen LogP contribution in [-0.4, -0.2) is 29.8 Å². The zero-order valence-electron chi connectivity index (χ0n) is 10.7. The molecule has 2 aromatic rings. The minimum atomic E-state index is -0.367. The van der Waals surface area contributed by atoms with Crippen molar-refractivity contribution in [2.24, 2.45) is 0 Å². The molecular weight excluding hydrogens is 246 g/mol. The minimum absolute atomic E-state index is 0.367. The fourth-order valence-corrected chi connectivity index (χ4v) is 2.42. The van der Waals surface area contributed by atoms with Gasteiger partial charge >= 0.3 is 5.97 Å². The Labute approximate surface area is 110 Å². The third-order valence-electron chi connectivity index (χ3n) is 3.38. The standard InChI is InChI=1S/C13H15N3O3/c1-18-13(17)9-4-6-19-12(9)8-16-5-2-3-10-11(16)7-14-15-10/h4,6-7H,2-3,5,8H2,1H3,(H,14,15). The predicted octanol–water partition coefficient (Wildman–Crippen LogP) is 1.74. The van der Waals surface area contributed by atoms with E-state index < -0.39 is 0 Å². The number of furan rings is 1. The Bertz CT molecular complexity index is 587. The van der Waals surface area contributed by atoms with Crippen LogP contribution in [0.15, 0.2) is 22.9 Å². The fraction of sp³-hybridized carbons (Fsp3) is 0.385. The SMILES string of the molecule is COC(=O)c1ccoc1CN1CCCc2[nH]ncc21. The average molecular weight is 261 g/mol. The summed E-state index contributed by atoms with van der Waals surface area (Å²) in [5.41, 5.74) is 2.70. The van der Waals surface area contributed by atoms with Crippen LogP contribution in [0.3, 0.4) is 0 Å². The molecule has 6 nitrogen and oxygen atoms in total. The lowest BCUT2D eigenvalue weighted by molar-refractivity contribution is 0.0598. The summed E-state index contributed by atoms with van der Waals surface area (Å²) >= 11 is 0. The molecule has 19 heavy (non-hydrogen) atoms. The normalized spacial score (nSPS) is 14.3. The van der Waals surface area contributed by atoms with Gasteiger partial charge in [-0.15, -0.1) is 0 Å². The van der Waals surface area contributed by atoms with Gasteiger partial charge in [0.25, 0.3) is 0 Å². The number of rotatable bonds is 3. The van der Waals surface area contributed by atoms with E-state index in [1.54, 1.807) is 6.07 Å². The Balaban J connectivity index is 1.84. The molecule has 0 aromatic carbocycles. The van der Waals surface area contributed by atoms with Crippen molar-refractivity contribution in [3.63, 3.8) is 0 Å². The van der Waals surface area contributed by atoms with Crippen molar-refractivity contribution in [2.75, 3.05) is 18.6 Å². The molecule has 6 heteroatoms. The lowest BCUT2D eigenvalue weighted by Gasteiger charge is -2.27. The highest BCUT2D eigenvalue weighted by molar-refractivity contribution is 5.90. The third-order valence-corrected chi connectivity index (χ3v) is 3.38. The number of hydrogen-bond donors (Lipinski definition) is 1. The second-order valence-corrected chi connectivity index (χ2v) is 4.51. The molecule has 1 N–H and O–H groups in total. The monoisotopic (exact) mass is 261 g/mol. The number of methoxy groups -OCH3 is 1. The number of nitrogens with one attached hydrogen (secondary N) is 1. The fourth-order valence-electron chi connectivity index (χ4n) is 2.42. The van der Waals surface area contributed by atoms with E-state index in [9.17, 15) is 4.79 Å². The number of hydrogen-bond acceptors (Lipinski definition) is 5. The van der Waals surface area contributed by atoms with Crippen LogP contribution < -0.4 is 4.90 Å². The number of aromatic amines is 1. The summed E-state index contributed by atoms with van der Waals surface area (Å²) in [4.78, 5) is 13.8. The molecule has 0 bridgehead atoms. The van der Waals surface area contributed by atoms with Crippen LogP contribution in [-0.2, 0) is 17.7 Å². The largest absolute Gasteiger partial charge is 0.467 e. The molecule has 0 unspecified atom stereocenters. The van der Waals surface area contributed by atoms with Gasteiger partial charge in [-0.25, -0.2) is 4.79 Å². The molecule has 0 saturated carbocycles. The summed E-state index contributed by atoms with van der Waals surface area (Å²) in [5, 5.41) is 7.07. The van der Waals surface area contributed by atoms with E-state index in [0.717, 1.165) is 30.8 Å². The predicted molar refractivity (Wildman–Crippen MR) is 68.0 cm³/mol. The molecule has 0 atom stereocenters. The molecule has 3 heterocycles. The van der Waals surface area contributed by atoms with Crippen LogP contribution in [0.1, 0.15) is 28.2 Å². The summed E-state index contributed by atoms with van der Waals surface area (Å²) in [6.45, 7) is 1.47. The number of fused-ring (bicyclic) bond motifs is 1. The maximum atomic E-state index is 11.6. The molecule has 0 fully saturated rings. The average Bonchev–Trinajstić information content (AvgIpc) is 3.06. The highest BCUT2D eigenvalue weighted by Crippen LogP contribution is 2.27. The number of ether oxygens (including phenoxy) is 1. The Morgan fingerprint density at radius 2 is 2.53 bits per heavy atom. The van der Waals surface area contributed by atoms with Crippen molar-refractivity contribution < 1.29 is 13.9 Å². The molecule has 2 aromatic heterocycles. The van der Waals surface area contributed by atoms with E-state index >= 15 is 0 Å². The molecule has 0 amide bonds. The number of carbonyl (C=O) groups is 1. The van der Waals surface area contributed by atoms with E-state index in [-0.39, 0.29) is 5.97 Å². The number of carbonyl (C=O) groups excluding carboxylic acids is 1. The lowest BCUT2D eigenvalue weighted by atomic mass is 10.1. The molecule has 0 aliphatic carbocycles. The van der Waals surface area contributed by atoms with Gasteiger partial charge in [0.15, 0.2) is 0 Å². The van der Waals surface area contributed by atoms with E-state index in [0.29, 0.717) is 17.9 Å². The minimum Gasteiger partial charge on any atom is -0.467 e. The first-order valence-electron chi connectivity index (χ1n) is 6.21. The maximum absolute atomic E-state index is 11.6. The molecule has 1 aliphatic rings. The number of nitrogens with zero attached hydrogens (tertiary/aromatic N) is 2. The first kappa shape index (κ1) is 11.8. The number of aryl methyl sites for hydroxylation is 1. The molecule has 100 valence electrons. The van der Waals surface area contributed by atoms with Gasteiger partial charge in [0.2, 0.25) is 0 Å². The molecule has 1 aliphatic heterocycles. The van der Waals surface area contributed by atoms with Gasteiger partial charge in [-0.3, -0.25) is 5.10 Å². The van der Waals surface area contributed by atoms with Crippen LogP contribution in [0.2, 0.25) is 0 Å². The number of H-pyrrole nitrogens is 1. The molecule has 3 rings (SSSR count). The first-order valence-corrected chi connectivity index (χ1v) is 6.21. The number of esters is 1. The molecular formula is C13H15N3O3. The number of aromatic nitrogens is 2. The second kappa shape index (κ2) is 4.79. The van der Waals surface area contributed by atoms with Crippen molar-refractivity contribution in [3.8, 4) is 0 Å². The third kappa shape index (κ3) is 2.09. The maximum Gasteiger partial charge on any atom is 0.341 e. The Morgan fingerprint density at radius 3 is 3.37 bits per heavy atom. The van der Waals surface area contributed by atoms with Crippen LogP contribution in [0, 0.1) is 0 Å². The van der Waals surface area contributed by atoms with E-state index in [4.69, 9.17) is 9.15 Å². The number of anilines is 1. The summed E-state index contributed by atoms with van der Waals surface area (Å²) in [6, 6.07) is 1.64. The van der Waals surface area contributed by atoms with Crippen LogP contribution in [0.25, 0.3) is 0 Å². The lowest BCUT2D eigenvalue weighted by Crippen LogP contribution is -2.28. The second-order valence-electron chi connectivity index (χ2n) is 4.51. The highest BCUT2D eigenvalue weighted by Gasteiger charge is 2.22. The van der Waals surface area contributed by atoms with Gasteiger partial charge in [0.1, 0.15) is 11.3 Å². The van der Waals surface area contributed by atoms with Gasteiger partial charge in [-0.1, -0.05) is 0 Å². The Kier molecular flexibility index (Phi) is 2.98. The van der Waals surface area contributed by atoms with E-state index in [1.807, 2.05) is 6.20 Å². The van der Waals surface area contributed by atoms with Gasteiger partial charge in [-0.05, 0) is 18.9 Å². The van der Waals surface area contributed by atoms with Crippen molar-refractivity contribution in [3.05, 3.63) is 35.5 Å². The zero-order chi connectivity index (χ0) is 13.2. The quantitative estimate of drug-likeness (QED) is 0.852. The highest BCUT2D eigenvalue weighted by atomic mass is 16.5. The smallest absolute Gasteiger partial charge is 0.341 e.